The predicted molar refractivity (Wildman–Crippen MR) is 258 cm³/mol. The second kappa shape index (κ2) is 12.8. The van der Waals surface area contributed by atoms with Crippen molar-refractivity contribution < 1.29 is 0 Å². The summed E-state index contributed by atoms with van der Waals surface area (Å²) in [5.74, 6) is 0.630. The van der Waals surface area contributed by atoms with Crippen LogP contribution in [0.25, 0.3) is 100 Å². The van der Waals surface area contributed by atoms with E-state index in [-0.39, 0.29) is 0 Å². The number of para-hydroxylation sites is 3. The van der Waals surface area contributed by atoms with Crippen molar-refractivity contribution in [2.75, 3.05) is 0 Å². The van der Waals surface area contributed by atoms with Gasteiger partial charge in [0.05, 0.1) is 38.9 Å². The molecule has 4 heteroatoms. The Balaban J connectivity index is 1.08. The second-order valence-corrected chi connectivity index (χ2v) is 16.9. The van der Waals surface area contributed by atoms with E-state index in [4.69, 9.17) is 9.97 Å². The summed E-state index contributed by atoms with van der Waals surface area (Å²) in [4.78, 5) is 11.2. The second-order valence-electron chi connectivity index (χ2n) is 16.9. The lowest BCUT2D eigenvalue weighted by molar-refractivity contribution is 0.794. The summed E-state index contributed by atoms with van der Waals surface area (Å²) in [6.45, 7) is 0. The Bertz CT molecular complexity index is 3790. The van der Waals surface area contributed by atoms with Gasteiger partial charge in [0, 0.05) is 38.4 Å². The summed E-state index contributed by atoms with van der Waals surface area (Å²) in [7, 11) is 0. The van der Waals surface area contributed by atoms with Crippen LogP contribution in [0.3, 0.4) is 0 Å². The van der Waals surface area contributed by atoms with Gasteiger partial charge < -0.3 is 4.57 Å². The lowest BCUT2D eigenvalue weighted by Crippen LogP contribution is -2.25. The van der Waals surface area contributed by atoms with Gasteiger partial charge in [0.2, 0.25) is 5.95 Å². The molecule has 0 unspecified atom stereocenters. The minimum Gasteiger partial charge on any atom is -0.307 e. The third kappa shape index (κ3) is 4.59. The maximum atomic E-state index is 5.66. The molecular weight excluding hydrogens is 765 g/mol. The van der Waals surface area contributed by atoms with Crippen LogP contribution in [0.15, 0.2) is 218 Å². The Labute approximate surface area is 363 Å². The highest BCUT2D eigenvalue weighted by molar-refractivity contribution is 6.23. The number of hydrogen-bond donors (Lipinski definition) is 0. The van der Waals surface area contributed by atoms with Gasteiger partial charge in [-0.3, -0.25) is 4.57 Å². The van der Waals surface area contributed by atoms with E-state index in [1.165, 1.54) is 55.3 Å². The third-order valence-electron chi connectivity index (χ3n) is 13.8. The van der Waals surface area contributed by atoms with E-state index in [0.717, 1.165) is 61.0 Å². The van der Waals surface area contributed by atoms with Crippen LogP contribution in [0.1, 0.15) is 22.3 Å². The van der Waals surface area contributed by atoms with E-state index in [2.05, 4.69) is 228 Å². The molecule has 292 valence electrons. The number of hydrogen-bond acceptors (Lipinski definition) is 2. The first-order valence-corrected chi connectivity index (χ1v) is 21.7. The molecule has 9 aromatic carbocycles. The highest BCUT2D eigenvalue weighted by Gasteiger charge is 2.51. The van der Waals surface area contributed by atoms with Crippen LogP contribution in [-0.2, 0) is 5.41 Å². The van der Waals surface area contributed by atoms with Crippen molar-refractivity contribution in [1.29, 1.82) is 0 Å². The fraction of sp³-hybridized carbons (Fsp3) is 0.0169. The summed E-state index contributed by atoms with van der Waals surface area (Å²) in [6.07, 6.45) is 0. The number of rotatable bonds is 4. The lowest BCUT2D eigenvalue weighted by Gasteiger charge is -2.30. The van der Waals surface area contributed by atoms with Crippen LogP contribution in [0.4, 0.5) is 0 Å². The molecule has 1 spiro atoms. The van der Waals surface area contributed by atoms with Gasteiger partial charge in [0.15, 0.2) is 0 Å². The van der Waals surface area contributed by atoms with Gasteiger partial charge in [-0.05, 0) is 80.9 Å². The van der Waals surface area contributed by atoms with Gasteiger partial charge in [-0.15, -0.1) is 0 Å². The highest BCUT2D eigenvalue weighted by atomic mass is 15.2. The SMILES string of the molecule is c1ccc(-c2cc(-c3ccc4c(c3)C3(c5ccccc5-c5ccccc53)c3ccccc3-4)nc(-n3c4ccccc4c4ccc5c6ccccc6n(-c6ccccc6)c5c43)n2)cc1. The first kappa shape index (κ1) is 34.4. The molecular formula is C59H36N4. The van der Waals surface area contributed by atoms with Crippen molar-refractivity contribution in [2.24, 2.45) is 0 Å². The maximum absolute atomic E-state index is 5.66. The smallest absolute Gasteiger partial charge is 0.235 e. The first-order chi connectivity index (χ1) is 31.3. The summed E-state index contributed by atoms with van der Waals surface area (Å²) in [5, 5.41) is 4.71. The fourth-order valence-corrected chi connectivity index (χ4v) is 11.2. The van der Waals surface area contributed by atoms with Crippen molar-refractivity contribution in [2.45, 2.75) is 5.41 Å². The minimum absolute atomic E-state index is 0.462. The van der Waals surface area contributed by atoms with Crippen molar-refractivity contribution >= 4 is 43.6 Å². The zero-order valence-corrected chi connectivity index (χ0v) is 34.1. The molecule has 0 atom stereocenters. The predicted octanol–water partition coefficient (Wildman–Crippen LogP) is 14.3. The first-order valence-electron chi connectivity index (χ1n) is 21.7. The fourth-order valence-electron chi connectivity index (χ4n) is 11.2. The standard InChI is InChI=1S/C59H36N4/c1-3-17-37(18-4-1)52-36-53(38-31-32-43-42-23-9-14-28-50(42)59(51(43)35-38)48-26-12-7-21-40(48)41-22-8-13-27-49(41)59)61-58(60-52)63-55-30-16-11-25-45(55)47-34-33-46-44-24-10-15-29-54(44)62(56(46)57(47)63)39-19-5-2-6-20-39/h1-36H. The van der Waals surface area contributed by atoms with E-state index in [0.29, 0.717) is 5.95 Å². The number of nitrogens with zero attached hydrogens (tertiary/aromatic N) is 4. The molecule has 0 bridgehead atoms. The zero-order valence-electron chi connectivity index (χ0n) is 34.1. The van der Waals surface area contributed by atoms with Crippen LogP contribution in [0.5, 0.6) is 0 Å². The quantitative estimate of drug-likeness (QED) is 0.178. The van der Waals surface area contributed by atoms with Gasteiger partial charge >= 0.3 is 0 Å². The summed E-state index contributed by atoms with van der Waals surface area (Å²) < 4.78 is 4.73. The molecule has 3 heterocycles. The van der Waals surface area contributed by atoms with E-state index in [1.54, 1.807) is 0 Å². The van der Waals surface area contributed by atoms with Crippen molar-refractivity contribution in [1.82, 2.24) is 19.1 Å². The molecule has 0 saturated heterocycles. The Kier molecular flexibility index (Phi) is 7.01. The van der Waals surface area contributed by atoms with Gasteiger partial charge in [0.1, 0.15) is 0 Å². The number of benzene rings is 9. The zero-order chi connectivity index (χ0) is 41.2. The van der Waals surface area contributed by atoms with Crippen LogP contribution in [0.2, 0.25) is 0 Å². The molecule has 63 heavy (non-hydrogen) atoms. The molecule has 0 radical (unpaired) electrons. The molecule has 12 aromatic rings. The van der Waals surface area contributed by atoms with Gasteiger partial charge in [0.25, 0.3) is 0 Å². The van der Waals surface area contributed by atoms with E-state index in [1.807, 2.05) is 0 Å². The average molecular weight is 801 g/mol. The van der Waals surface area contributed by atoms with E-state index >= 15 is 0 Å². The molecule has 0 saturated carbocycles. The molecule has 2 aliphatic carbocycles. The summed E-state index contributed by atoms with van der Waals surface area (Å²) >= 11 is 0. The Morgan fingerprint density at radius 3 is 1.38 bits per heavy atom. The van der Waals surface area contributed by atoms with Gasteiger partial charge in [-0.25, -0.2) is 9.97 Å². The molecule has 0 aliphatic heterocycles. The number of aromatic nitrogens is 4. The topological polar surface area (TPSA) is 35.6 Å². The molecule has 0 fully saturated rings. The Morgan fingerprint density at radius 1 is 0.317 bits per heavy atom. The highest BCUT2D eigenvalue weighted by Crippen LogP contribution is 2.63. The van der Waals surface area contributed by atoms with E-state index < -0.39 is 5.41 Å². The van der Waals surface area contributed by atoms with Gasteiger partial charge in [-0.1, -0.05) is 182 Å². The van der Waals surface area contributed by atoms with Crippen LogP contribution < -0.4 is 0 Å². The molecule has 14 rings (SSSR count). The maximum Gasteiger partial charge on any atom is 0.235 e. The Morgan fingerprint density at radius 2 is 0.778 bits per heavy atom. The normalized spacial score (nSPS) is 13.2. The Hall–Kier alpha value is -8.34. The van der Waals surface area contributed by atoms with Crippen molar-refractivity contribution in [3.63, 3.8) is 0 Å². The summed E-state index contributed by atoms with van der Waals surface area (Å²) in [5.41, 5.74) is 19.3. The monoisotopic (exact) mass is 800 g/mol. The van der Waals surface area contributed by atoms with Gasteiger partial charge in [-0.2, -0.15) is 0 Å². The summed E-state index contributed by atoms with van der Waals surface area (Å²) in [6, 6.07) is 79.4. The lowest BCUT2D eigenvalue weighted by atomic mass is 9.70. The van der Waals surface area contributed by atoms with E-state index in [9.17, 15) is 0 Å². The molecule has 2 aliphatic rings. The van der Waals surface area contributed by atoms with Crippen LogP contribution in [0, 0.1) is 0 Å². The molecule has 3 aromatic heterocycles. The van der Waals surface area contributed by atoms with Crippen molar-refractivity contribution in [3.8, 4) is 56.4 Å². The van der Waals surface area contributed by atoms with Crippen molar-refractivity contribution in [3.05, 3.63) is 241 Å². The molecule has 0 N–H and O–H groups in total. The number of fused-ring (bicyclic) bond motifs is 17. The third-order valence-corrected chi connectivity index (χ3v) is 13.8. The van der Waals surface area contributed by atoms with Crippen LogP contribution in [-0.4, -0.2) is 19.1 Å². The minimum atomic E-state index is -0.462. The van der Waals surface area contributed by atoms with Crippen LogP contribution >= 0.6 is 0 Å². The molecule has 0 amide bonds. The largest absolute Gasteiger partial charge is 0.307 e. The molecule has 4 nitrogen and oxygen atoms in total. The average Bonchev–Trinajstić information content (AvgIpc) is 4.06.